The second-order valence-electron chi connectivity index (χ2n) is 6.30. The minimum Gasteiger partial charge on any atom is -0.287 e. The Labute approximate surface area is 99.6 Å². The maximum atomic E-state index is 4.49. The third-order valence-corrected chi connectivity index (χ3v) is 2.38. The van der Waals surface area contributed by atoms with Gasteiger partial charge in [-0.05, 0) is 37.3 Å². The molecule has 0 fully saturated rings. The lowest BCUT2D eigenvalue weighted by Crippen LogP contribution is -2.11. The van der Waals surface area contributed by atoms with Crippen LogP contribution in [0.3, 0.4) is 0 Å². The van der Waals surface area contributed by atoms with Crippen molar-refractivity contribution in [3.8, 4) is 0 Å². The Hall–Kier alpha value is -1.11. The van der Waals surface area contributed by atoms with Crippen LogP contribution in [0.4, 0.5) is 0 Å². The van der Waals surface area contributed by atoms with Gasteiger partial charge in [0.25, 0.3) is 0 Å². The van der Waals surface area contributed by atoms with E-state index in [1.807, 2.05) is 6.21 Å². The molecule has 1 aromatic rings. The van der Waals surface area contributed by atoms with E-state index in [1.165, 1.54) is 11.1 Å². The topological polar surface area (TPSA) is 12.4 Å². The van der Waals surface area contributed by atoms with Gasteiger partial charge in [0, 0.05) is 6.21 Å². The molecule has 1 aromatic carbocycles. The van der Waals surface area contributed by atoms with Gasteiger partial charge in [-0.3, -0.25) is 4.99 Å². The molecule has 0 saturated heterocycles. The van der Waals surface area contributed by atoms with E-state index in [0.29, 0.717) is 0 Å². The van der Waals surface area contributed by atoms with Crippen LogP contribution in [-0.2, 0) is 5.41 Å². The molecule has 0 radical (unpaired) electrons. The predicted octanol–water partition coefficient (Wildman–Crippen LogP) is 4.20. The smallest absolute Gasteiger partial charge is 0.0524 e. The fraction of sp³-hybridized carbons (Fsp3) is 0.533. The summed E-state index contributed by atoms with van der Waals surface area (Å²) >= 11 is 0. The highest BCUT2D eigenvalue weighted by Gasteiger charge is 2.12. The van der Waals surface area contributed by atoms with Crippen molar-refractivity contribution in [2.45, 2.75) is 52.5 Å². The lowest BCUT2D eigenvalue weighted by Gasteiger charge is -2.18. The molecule has 0 aliphatic carbocycles. The summed E-state index contributed by atoms with van der Waals surface area (Å²) in [4.78, 5) is 4.49. The molecule has 1 nitrogen and oxygen atoms in total. The molecule has 0 bridgehead atoms. The maximum absolute atomic E-state index is 4.49. The van der Waals surface area contributed by atoms with Crippen LogP contribution in [0.2, 0.25) is 0 Å². The van der Waals surface area contributed by atoms with Crippen LogP contribution in [0.5, 0.6) is 0 Å². The Kier molecular flexibility index (Phi) is 3.57. The predicted molar refractivity (Wildman–Crippen MR) is 72.5 cm³/mol. The third-order valence-electron chi connectivity index (χ3n) is 2.38. The molecule has 0 atom stereocenters. The molecule has 0 aromatic heterocycles. The summed E-state index contributed by atoms with van der Waals surface area (Å²) in [6.45, 7) is 13.0. The van der Waals surface area contributed by atoms with Gasteiger partial charge in [0.1, 0.15) is 0 Å². The summed E-state index contributed by atoms with van der Waals surface area (Å²) in [5.41, 5.74) is 2.76. The van der Waals surface area contributed by atoms with E-state index in [-0.39, 0.29) is 11.0 Å². The monoisotopic (exact) mass is 217 g/mol. The van der Waals surface area contributed by atoms with Crippen molar-refractivity contribution in [3.05, 3.63) is 35.4 Å². The number of hydrogen-bond acceptors (Lipinski definition) is 1. The highest BCUT2D eigenvalue weighted by atomic mass is 14.8. The van der Waals surface area contributed by atoms with E-state index in [9.17, 15) is 0 Å². The molecule has 16 heavy (non-hydrogen) atoms. The molecule has 0 aliphatic rings. The largest absolute Gasteiger partial charge is 0.287 e. The van der Waals surface area contributed by atoms with Gasteiger partial charge in [-0.25, -0.2) is 0 Å². The highest BCUT2D eigenvalue weighted by molar-refractivity contribution is 5.79. The minimum absolute atomic E-state index is 0.00268. The lowest BCUT2D eigenvalue weighted by molar-refractivity contribution is 0.586. The zero-order valence-corrected chi connectivity index (χ0v) is 11.3. The molecule has 1 rings (SSSR count). The van der Waals surface area contributed by atoms with Crippen molar-refractivity contribution in [1.82, 2.24) is 0 Å². The third kappa shape index (κ3) is 4.18. The van der Waals surface area contributed by atoms with Gasteiger partial charge in [0.05, 0.1) is 5.54 Å². The van der Waals surface area contributed by atoms with Crippen LogP contribution in [0.1, 0.15) is 52.7 Å². The van der Waals surface area contributed by atoms with Crippen LogP contribution in [0.15, 0.2) is 29.3 Å². The fourth-order valence-electron chi connectivity index (χ4n) is 1.34. The molecular formula is C15H23N. The van der Waals surface area contributed by atoms with Gasteiger partial charge in [-0.2, -0.15) is 0 Å². The Morgan fingerprint density at radius 2 is 1.38 bits per heavy atom. The summed E-state index contributed by atoms with van der Waals surface area (Å²) in [5.74, 6) is 0. The number of rotatable bonds is 1. The Balaban J connectivity index is 2.85. The second-order valence-corrected chi connectivity index (χ2v) is 6.30. The van der Waals surface area contributed by atoms with Gasteiger partial charge < -0.3 is 0 Å². The first kappa shape index (κ1) is 13.0. The standard InChI is InChI=1S/C15H23N/c1-14(2,3)13-9-7-12(8-10-13)11-16-15(4,5)6/h7-11H,1-6H3. The number of nitrogens with zero attached hydrogens (tertiary/aromatic N) is 1. The summed E-state index contributed by atoms with van der Waals surface area (Å²) < 4.78 is 0. The summed E-state index contributed by atoms with van der Waals surface area (Å²) in [5, 5.41) is 0. The van der Waals surface area contributed by atoms with Gasteiger partial charge in [-0.15, -0.1) is 0 Å². The van der Waals surface area contributed by atoms with Gasteiger partial charge in [0.15, 0.2) is 0 Å². The van der Waals surface area contributed by atoms with E-state index in [1.54, 1.807) is 0 Å². The molecule has 0 heterocycles. The first-order chi connectivity index (χ1) is 7.18. The lowest BCUT2D eigenvalue weighted by atomic mass is 9.87. The first-order valence-corrected chi connectivity index (χ1v) is 5.84. The molecule has 0 amide bonds. The number of hydrogen-bond donors (Lipinski definition) is 0. The van der Waals surface area contributed by atoms with E-state index in [4.69, 9.17) is 0 Å². The molecule has 0 N–H and O–H groups in total. The van der Waals surface area contributed by atoms with Gasteiger partial charge in [0.2, 0.25) is 0 Å². The first-order valence-electron chi connectivity index (χ1n) is 5.84. The normalized spacial score (nSPS) is 13.4. The van der Waals surface area contributed by atoms with E-state index in [0.717, 1.165) is 0 Å². The maximum Gasteiger partial charge on any atom is 0.0524 e. The number of aliphatic imine (C=N–C) groups is 1. The highest BCUT2D eigenvalue weighted by Crippen LogP contribution is 2.21. The van der Waals surface area contributed by atoms with Gasteiger partial charge >= 0.3 is 0 Å². The van der Waals surface area contributed by atoms with Crippen LogP contribution < -0.4 is 0 Å². The Morgan fingerprint density at radius 3 is 1.75 bits per heavy atom. The average molecular weight is 217 g/mol. The van der Waals surface area contributed by atoms with Crippen molar-refractivity contribution in [2.75, 3.05) is 0 Å². The molecule has 0 spiro atoms. The Bertz CT molecular complexity index is 358. The Morgan fingerprint density at radius 1 is 0.875 bits per heavy atom. The second kappa shape index (κ2) is 4.40. The fourth-order valence-corrected chi connectivity index (χ4v) is 1.34. The molecule has 1 heteroatoms. The molecular weight excluding hydrogens is 194 g/mol. The van der Waals surface area contributed by atoms with Crippen LogP contribution in [0.25, 0.3) is 0 Å². The van der Waals surface area contributed by atoms with E-state index < -0.39 is 0 Å². The van der Waals surface area contributed by atoms with E-state index in [2.05, 4.69) is 70.8 Å². The van der Waals surface area contributed by atoms with Crippen molar-refractivity contribution < 1.29 is 0 Å². The van der Waals surface area contributed by atoms with Crippen LogP contribution in [-0.4, -0.2) is 11.8 Å². The van der Waals surface area contributed by atoms with Gasteiger partial charge in [-0.1, -0.05) is 45.0 Å². The van der Waals surface area contributed by atoms with Crippen molar-refractivity contribution in [3.63, 3.8) is 0 Å². The van der Waals surface area contributed by atoms with Crippen molar-refractivity contribution in [2.24, 2.45) is 4.99 Å². The summed E-state index contributed by atoms with van der Waals surface area (Å²) in [6.07, 6.45) is 1.95. The molecule has 88 valence electrons. The summed E-state index contributed by atoms with van der Waals surface area (Å²) in [6, 6.07) is 8.64. The zero-order valence-electron chi connectivity index (χ0n) is 11.3. The minimum atomic E-state index is 0.00268. The average Bonchev–Trinajstić information content (AvgIpc) is 2.13. The number of benzene rings is 1. The molecule has 0 aliphatic heterocycles. The van der Waals surface area contributed by atoms with Crippen LogP contribution in [0, 0.1) is 0 Å². The van der Waals surface area contributed by atoms with Crippen molar-refractivity contribution in [1.29, 1.82) is 0 Å². The van der Waals surface area contributed by atoms with Crippen molar-refractivity contribution >= 4 is 6.21 Å². The van der Waals surface area contributed by atoms with E-state index >= 15 is 0 Å². The molecule has 0 unspecified atom stereocenters. The van der Waals surface area contributed by atoms with Crippen LogP contribution >= 0.6 is 0 Å². The quantitative estimate of drug-likeness (QED) is 0.625. The summed E-state index contributed by atoms with van der Waals surface area (Å²) in [7, 11) is 0. The zero-order chi connectivity index (χ0) is 12.4. The SMILES string of the molecule is CC(C)(C)N=Cc1ccc(C(C)(C)C)cc1. The molecule has 0 saturated carbocycles.